The maximum Gasteiger partial charge on any atom is 0.418 e. The van der Waals surface area contributed by atoms with Gasteiger partial charge >= 0.3 is 6.18 Å². The maximum atomic E-state index is 12.6. The first-order valence-corrected chi connectivity index (χ1v) is 6.63. The summed E-state index contributed by atoms with van der Waals surface area (Å²) in [5.74, 6) is -0.763. The van der Waals surface area contributed by atoms with Crippen molar-refractivity contribution in [3.8, 4) is 11.3 Å². The molecule has 1 amide bonds. The molecule has 0 saturated carbocycles. The monoisotopic (exact) mass is 328 g/mol. The molecule has 2 N–H and O–H groups in total. The summed E-state index contributed by atoms with van der Waals surface area (Å²) in [5.41, 5.74) is -2.07. The molecule has 0 aromatic carbocycles. The van der Waals surface area contributed by atoms with Crippen LogP contribution in [0.1, 0.15) is 17.3 Å². The predicted octanol–water partition coefficient (Wildman–Crippen LogP) is 1.53. The second-order valence-electron chi connectivity index (χ2n) is 5.26. The van der Waals surface area contributed by atoms with E-state index in [9.17, 15) is 23.1 Å². The summed E-state index contributed by atoms with van der Waals surface area (Å²) in [6.45, 7) is -0.366. The first-order valence-electron chi connectivity index (χ1n) is 6.63. The van der Waals surface area contributed by atoms with Gasteiger partial charge in [0.1, 0.15) is 0 Å². The Morgan fingerprint density at radius 1 is 1.43 bits per heavy atom. The number of aromatic nitrogens is 3. The SMILES string of the molecule is Cn1cc(-c2ncccc2C(=O)NC[C@@](C)(O)C(F)(F)F)cn1. The third-order valence-corrected chi connectivity index (χ3v) is 3.23. The van der Waals surface area contributed by atoms with Crippen LogP contribution < -0.4 is 5.32 Å². The molecule has 0 aliphatic heterocycles. The molecule has 6 nitrogen and oxygen atoms in total. The third-order valence-electron chi connectivity index (χ3n) is 3.23. The lowest BCUT2D eigenvalue weighted by Gasteiger charge is -2.26. The minimum atomic E-state index is -4.85. The Kier molecular flexibility index (Phi) is 4.42. The van der Waals surface area contributed by atoms with Crippen LogP contribution in [0.5, 0.6) is 0 Å². The Hall–Kier alpha value is -2.42. The number of halogens is 3. The van der Waals surface area contributed by atoms with E-state index in [0.717, 1.165) is 0 Å². The van der Waals surface area contributed by atoms with Crippen molar-refractivity contribution in [2.45, 2.75) is 18.7 Å². The minimum Gasteiger partial charge on any atom is -0.379 e. The highest BCUT2D eigenvalue weighted by atomic mass is 19.4. The molecule has 124 valence electrons. The first-order chi connectivity index (χ1) is 10.6. The van der Waals surface area contributed by atoms with Gasteiger partial charge in [-0.2, -0.15) is 18.3 Å². The molecule has 0 aliphatic rings. The van der Waals surface area contributed by atoms with Gasteiger partial charge in [0.25, 0.3) is 5.91 Å². The van der Waals surface area contributed by atoms with Gasteiger partial charge in [0, 0.05) is 25.0 Å². The molecule has 0 radical (unpaired) electrons. The molecule has 0 spiro atoms. The lowest BCUT2D eigenvalue weighted by Crippen LogP contribution is -2.51. The number of alkyl halides is 3. The molecule has 0 bridgehead atoms. The largest absolute Gasteiger partial charge is 0.418 e. The lowest BCUT2D eigenvalue weighted by molar-refractivity contribution is -0.249. The number of rotatable bonds is 4. The Balaban J connectivity index is 2.21. The zero-order valence-electron chi connectivity index (χ0n) is 12.4. The molecule has 0 unspecified atom stereocenters. The molecule has 0 aliphatic carbocycles. The zero-order valence-corrected chi connectivity index (χ0v) is 12.4. The van der Waals surface area contributed by atoms with Gasteiger partial charge in [-0.05, 0) is 19.1 Å². The number of nitrogens with one attached hydrogen (secondary N) is 1. The zero-order chi connectivity index (χ0) is 17.3. The van der Waals surface area contributed by atoms with Crippen molar-refractivity contribution < 1.29 is 23.1 Å². The van der Waals surface area contributed by atoms with E-state index in [1.165, 1.54) is 29.2 Å². The van der Waals surface area contributed by atoms with Crippen molar-refractivity contribution in [1.82, 2.24) is 20.1 Å². The molecule has 23 heavy (non-hydrogen) atoms. The normalized spacial score (nSPS) is 14.3. The van der Waals surface area contributed by atoms with Gasteiger partial charge in [0.05, 0.1) is 24.0 Å². The topological polar surface area (TPSA) is 80.0 Å². The number of hydrogen-bond acceptors (Lipinski definition) is 4. The average molecular weight is 328 g/mol. The number of hydrogen-bond donors (Lipinski definition) is 2. The van der Waals surface area contributed by atoms with E-state index < -0.39 is 24.2 Å². The molecule has 2 aromatic heterocycles. The van der Waals surface area contributed by atoms with E-state index in [4.69, 9.17) is 0 Å². The quantitative estimate of drug-likeness (QED) is 0.892. The standard InChI is InChI=1S/C14H15F3N4O2/c1-13(23,14(15,16)17)8-19-12(22)10-4-3-5-18-11(10)9-6-20-21(2)7-9/h3-7,23H,8H2,1-2H3,(H,19,22)/t13-/m1/s1. The summed E-state index contributed by atoms with van der Waals surface area (Å²) in [6, 6.07) is 2.93. The van der Waals surface area contributed by atoms with Gasteiger partial charge < -0.3 is 10.4 Å². The van der Waals surface area contributed by atoms with Gasteiger partial charge in [-0.1, -0.05) is 0 Å². The van der Waals surface area contributed by atoms with Crippen molar-refractivity contribution in [3.05, 3.63) is 36.3 Å². The van der Waals surface area contributed by atoms with Crippen LogP contribution in [0, 0.1) is 0 Å². The fourth-order valence-electron chi connectivity index (χ4n) is 1.81. The van der Waals surface area contributed by atoms with Crippen LogP contribution >= 0.6 is 0 Å². The first kappa shape index (κ1) is 16.9. The molecule has 1 atom stereocenters. The van der Waals surface area contributed by atoms with E-state index in [0.29, 0.717) is 18.2 Å². The number of pyridine rings is 1. The van der Waals surface area contributed by atoms with E-state index in [1.807, 2.05) is 0 Å². The number of aliphatic hydroxyl groups is 1. The van der Waals surface area contributed by atoms with E-state index in [2.05, 4.69) is 15.4 Å². The number of carbonyl (C=O) groups is 1. The van der Waals surface area contributed by atoms with Crippen LogP contribution in [0.3, 0.4) is 0 Å². The molecule has 0 fully saturated rings. The fourth-order valence-corrected chi connectivity index (χ4v) is 1.81. The highest BCUT2D eigenvalue weighted by molar-refractivity contribution is 5.99. The lowest BCUT2D eigenvalue weighted by atomic mass is 10.1. The van der Waals surface area contributed by atoms with E-state index in [1.54, 1.807) is 13.2 Å². The summed E-state index contributed by atoms with van der Waals surface area (Å²) in [6.07, 6.45) is -0.262. The smallest absolute Gasteiger partial charge is 0.379 e. The van der Waals surface area contributed by atoms with Crippen LogP contribution in [0.4, 0.5) is 13.2 Å². The minimum absolute atomic E-state index is 0.0958. The van der Waals surface area contributed by atoms with E-state index in [-0.39, 0.29) is 5.56 Å². The van der Waals surface area contributed by atoms with Crippen molar-refractivity contribution in [2.24, 2.45) is 7.05 Å². The van der Waals surface area contributed by atoms with Crippen LogP contribution in [-0.4, -0.2) is 44.1 Å². The van der Waals surface area contributed by atoms with Gasteiger partial charge in [-0.25, -0.2) is 0 Å². The average Bonchev–Trinajstić information content (AvgIpc) is 2.90. The van der Waals surface area contributed by atoms with E-state index >= 15 is 0 Å². The van der Waals surface area contributed by atoms with Crippen molar-refractivity contribution >= 4 is 5.91 Å². The molecule has 2 aromatic rings. The summed E-state index contributed by atoms with van der Waals surface area (Å²) in [4.78, 5) is 16.2. The van der Waals surface area contributed by atoms with Gasteiger partial charge in [0.2, 0.25) is 0 Å². The number of carbonyl (C=O) groups excluding carboxylic acids is 1. The Morgan fingerprint density at radius 2 is 2.13 bits per heavy atom. The second-order valence-corrected chi connectivity index (χ2v) is 5.26. The van der Waals surface area contributed by atoms with Gasteiger partial charge in [-0.3, -0.25) is 14.5 Å². The third kappa shape index (κ3) is 3.67. The summed E-state index contributed by atoms with van der Waals surface area (Å²) in [5, 5.41) is 15.4. The number of amides is 1. The molecular formula is C14H15F3N4O2. The van der Waals surface area contributed by atoms with Crippen LogP contribution in [0.2, 0.25) is 0 Å². The highest BCUT2D eigenvalue weighted by Gasteiger charge is 2.49. The Morgan fingerprint density at radius 3 is 2.70 bits per heavy atom. The van der Waals surface area contributed by atoms with Crippen molar-refractivity contribution in [1.29, 1.82) is 0 Å². The van der Waals surface area contributed by atoms with Crippen molar-refractivity contribution in [3.63, 3.8) is 0 Å². The fraction of sp³-hybridized carbons (Fsp3) is 0.357. The predicted molar refractivity (Wildman–Crippen MR) is 75.5 cm³/mol. The second kappa shape index (κ2) is 5.99. The maximum absolute atomic E-state index is 12.6. The molecule has 9 heteroatoms. The van der Waals surface area contributed by atoms with Gasteiger partial charge in [-0.15, -0.1) is 0 Å². The Labute approximate surface area is 130 Å². The Bertz CT molecular complexity index is 710. The molecule has 0 saturated heterocycles. The summed E-state index contributed by atoms with van der Waals surface area (Å²) in [7, 11) is 1.69. The van der Waals surface area contributed by atoms with Gasteiger partial charge in [0.15, 0.2) is 5.60 Å². The number of nitrogens with zero attached hydrogens (tertiary/aromatic N) is 3. The van der Waals surface area contributed by atoms with Crippen LogP contribution in [0.25, 0.3) is 11.3 Å². The summed E-state index contributed by atoms with van der Waals surface area (Å²) >= 11 is 0. The molecular weight excluding hydrogens is 313 g/mol. The molecule has 2 heterocycles. The number of aryl methyl sites for hydroxylation is 1. The van der Waals surface area contributed by atoms with Crippen molar-refractivity contribution in [2.75, 3.05) is 6.54 Å². The highest BCUT2D eigenvalue weighted by Crippen LogP contribution is 2.29. The molecule has 2 rings (SSSR count). The summed E-state index contributed by atoms with van der Waals surface area (Å²) < 4.78 is 39.3. The van der Waals surface area contributed by atoms with Crippen LogP contribution in [-0.2, 0) is 7.05 Å². The van der Waals surface area contributed by atoms with Crippen LogP contribution in [0.15, 0.2) is 30.7 Å².